The highest BCUT2D eigenvalue weighted by molar-refractivity contribution is 7.13. The second-order valence-corrected chi connectivity index (χ2v) is 6.70. The maximum atomic E-state index is 12.5. The molecule has 1 aromatic heterocycles. The lowest BCUT2D eigenvalue weighted by molar-refractivity contribution is 0.0928. The number of carbonyl (C=O) groups excluding carboxylic acids is 1. The van der Waals surface area contributed by atoms with Gasteiger partial charge in [0.15, 0.2) is 5.13 Å². The van der Waals surface area contributed by atoms with E-state index in [0.29, 0.717) is 16.3 Å². The summed E-state index contributed by atoms with van der Waals surface area (Å²) in [5.41, 5.74) is 0.474. The van der Waals surface area contributed by atoms with Crippen LogP contribution in [-0.4, -0.2) is 37.1 Å². The molecule has 0 saturated carbocycles. The van der Waals surface area contributed by atoms with Crippen LogP contribution in [0, 0.1) is 0 Å². The van der Waals surface area contributed by atoms with Gasteiger partial charge in [-0.3, -0.25) is 4.79 Å². The van der Waals surface area contributed by atoms with Crippen LogP contribution in [0.4, 0.5) is 5.13 Å². The van der Waals surface area contributed by atoms with E-state index in [1.165, 1.54) is 0 Å². The van der Waals surface area contributed by atoms with Gasteiger partial charge in [-0.05, 0) is 31.0 Å². The first kappa shape index (κ1) is 16.1. The lowest BCUT2D eigenvalue weighted by atomic mass is 10.0. The highest BCUT2D eigenvalue weighted by Gasteiger charge is 2.23. The summed E-state index contributed by atoms with van der Waals surface area (Å²) in [6.07, 6.45) is 3.61. The van der Waals surface area contributed by atoms with Crippen molar-refractivity contribution in [1.82, 2.24) is 10.3 Å². The smallest absolute Gasteiger partial charge is 0.255 e. The maximum absolute atomic E-state index is 12.5. The van der Waals surface area contributed by atoms with Crippen molar-refractivity contribution in [1.29, 1.82) is 0 Å². The summed E-state index contributed by atoms with van der Waals surface area (Å²) in [4.78, 5) is 19.1. The number of hydrogen-bond acceptors (Lipinski definition) is 5. The van der Waals surface area contributed by atoms with Gasteiger partial charge in [-0.15, -0.1) is 11.3 Å². The molecule has 1 fully saturated rings. The molecule has 7 heteroatoms. The minimum Gasteiger partial charge on any atom is -0.496 e. The van der Waals surface area contributed by atoms with Crippen LogP contribution in [0.2, 0.25) is 5.02 Å². The van der Waals surface area contributed by atoms with Crippen LogP contribution in [0.25, 0.3) is 0 Å². The van der Waals surface area contributed by atoms with Crippen LogP contribution in [0.1, 0.15) is 23.2 Å². The Hall–Kier alpha value is -1.79. The van der Waals surface area contributed by atoms with Gasteiger partial charge in [0.05, 0.1) is 12.7 Å². The van der Waals surface area contributed by atoms with Gasteiger partial charge in [-0.1, -0.05) is 11.6 Å². The molecule has 23 heavy (non-hydrogen) atoms. The van der Waals surface area contributed by atoms with Gasteiger partial charge in [0.25, 0.3) is 5.91 Å². The molecule has 0 unspecified atom stereocenters. The number of nitrogens with one attached hydrogen (secondary N) is 1. The standard InChI is InChI=1S/C16H18ClN3O2S/c1-22-14-3-2-11(17)10-13(14)15(21)19-12-4-7-20(8-5-12)16-18-6-9-23-16/h2-3,6,9-10,12H,4-5,7-8H2,1H3,(H,19,21). The molecule has 3 rings (SSSR count). The first-order valence-corrected chi connectivity index (χ1v) is 8.72. The van der Waals surface area contributed by atoms with Crippen molar-refractivity contribution in [3.05, 3.63) is 40.4 Å². The summed E-state index contributed by atoms with van der Waals surface area (Å²) in [5, 5.41) is 6.63. The van der Waals surface area contributed by atoms with Crippen molar-refractivity contribution in [2.45, 2.75) is 18.9 Å². The van der Waals surface area contributed by atoms with Gasteiger partial charge in [0.2, 0.25) is 0 Å². The molecule has 1 N–H and O–H groups in total. The van der Waals surface area contributed by atoms with Crippen molar-refractivity contribution in [2.75, 3.05) is 25.1 Å². The third-order valence-electron chi connectivity index (χ3n) is 3.93. The average Bonchev–Trinajstić information content (AvgIpc) is 3.10. The number of carbonyl (C=O) groups is 1. The molecular weight excluding hydrogens is 334 g/mol. The molecule has 2 aromatic rings. The van der Waals surface area contributed by atoms with E-state index in [1.807, 2.05) is 11.6 Å². The molecule has 0 radical (unpaired) electrons. The molecular formula is C16H18ClN3O2S. The highest BCUT2D eigenvalue weighted by Crippen LogP contribution is 2.24. The normalized spacial score (nSPS) is 15.5. The SMILES string of the molecule is COc1ccc(Cl)cc1C(=O)NC1CCN(c2nccs2)CC1. The van der Waals surface area contributed by atoms with E-state index in [9.17, 15) is 4.79 Å². The Bertz CT molecular complexity index is 670. The summed E-state index contributed by atoms with van der Waals surface area (Å²) in [6, 6.07) is 5.22. The predicted molar refractivity (Wildman–Crippen MR) is 92.8 cm³/mol. The van der Waals surface area contributed by atoms with Crippen LogP contribution in [0.5, 0.6) is 5.75 Å². The Balaban J connectivity index is 1.60. The molecule has 0 bridgehead atoms. The van der Waals surface area contributed by atoms with Crippen LogP contribution in [-0.2, 0) is 0 Å². The summed E-state index contributed by atoms with van der Waals surface area (Å²) < 4.78 is 5.24. The van der Waals surface area contributed by atoms with Gasteiger partial charge >= 0.3 is 0 Å². The number of aromatic nitrogens is 1. The van der Waals surface area contributed by atoms with Crippen molar-refractivity contribution < 1.29 is 9.53 Å². The Morgan fingerprint density at radius 3 is 2.87 bits per heavy atom. The van der Waals surface area contributed by atoms with E-state index in [4.69, 9.17) is 16.3 Å². The van der Waals surface area contributed by atoms with Gasteiger partial charge in [-0.25, -0.2) is 4.98 Å². The minimum absolute atomic E-state index is 0.142. The monoisotopic (exact) mass is 351 g/mol. The topological polar surface area (TPSA) is 54.5 Å². The first-order chi connectivity index (χ1) is 11.2. The van der Waals surface area contributed by atoms with Crippen LogP contribution in [0.15, 0.2) is 29.8 Å². The summed E-state index contributed by atoms with van der Waals surface area (Å²) >= 11 is 7.63. The summed E-state index contributed by atoms with van der Waals surface area (Å²) in [6.45, 7) is 1.79. The van der Waals surface area contributed by atoms with Crippen LogP contribution in [0.3, 0.4) is 0 Å². The number of nitrogens with zero attached hydrogens (tertiary/aromatic N) is 2. The third-order valence-corrected chi connectivity index (χ3v) is 4.99. The largest absolute Gasteiger partial charge is 0.496 e. The zero-order valence-corrected chi connectivity index (χ0v) is 14.4. The number of hydrogen-bond donors (Lipinski definition) is 1. The van der Waals surface area contributed by atoms with E-state index >= 15 is 0 Å². The van der Waals surface area contributed by atoms with Crippen LogP contribution < -0.4 is 15.0 Å². The van der Waals surface area contributed by atoms with Crippen molar-refractivity contribution in [2.24, 2.45) is 0 Å². The molecule has 1 aromatic carbocycles. The third kappa shape index (κ3) is 3.76. The number of anilines is 1. The predicted octanol–water partition coefficient (Wildman–Crippen LogP) is 3.20. The first-order valence-electron chi connectivity index (χ1n) is 7.46. The number of methoxy groups -OCH3 is 1. The molecule has 0 atom stereocenters. The van der Waals surface area contributed by atoms with Crippen molar-refractivity contribution in [3.63, 3.8) is 0 Å². The zero-order chi connectivity index (χ0) is 16.2. The molecule has 1 saturated heterocycles. The minimum atomic E-state index is -0.142. The molecule has 122 valence electrons. The number of rotatable bonds is 4. The lowest BCUT2D eigenvalue weighted by Crippen LogP contribution is -2.44. The fourth-order valence-corrected chi connectivity index (χ4v) is 3.58. The number of halogens is 1. The number of thiazole rings is 1. The second-order valence-electron chi connectivity index (χ2n) is 5.39. The molecule has 1 aliphatic rings. The number of amides is 1. The fourth-order valence-electron chi connectivity index (χ4n) is 2.71. The molecule has 1 amide bonds. The van der Waals surface area contributed by atoms with E-state index in [2.05, 4.69) is 15.2 Å². The Morgan fingerprint density at radius 2 is 2.22 bits per heavy atom. The number of benzene rings is 1. The Labute approximate surface area is 144 Å². The van der Waals surface area contributed by atoms with Crippen LogP contribution >= 0.6 is 22.9 Å². The lowest BCUT2D eigenvalue weighted by Gasteiger charge is -2.32. The van der Waals surface area contributed by atoms with Gasteiger partial charge in [0, 0.05) is 35.7 Å². The van der Waals surface area contributed by atoms with Gasteiger partial charge in [0.1, 0.15) is 5.75 Å². The molecule has 1 aliphatic heterocycles. The molecule has 5 nitrogen and oxygen atoms in total. The maximum Gasteiger partial charge on any atom is 0.255 e. The molecule has 2 heterocycles. The van der Waals surface area contributed by atoms with E-state index < -0.39 is 0 Å². The second kappa shape index (κ2) is 7.19. The Kier molecular flexibility index (Phi) is 5.03. The highest BCUT2D eigenvalue weighted by atomic mass is 35.5. The average molecular weight is 352 g/mol. The number of ether oxygens (including phenoxy) is 1. The summed E-state index contributed by atoms with van der Waals surface area (Å²) in [7, 11) is 1.55. The molecule has 0 spiro atoms. The van der Waals surface area contributed by atoms with Gasteiger partial charge < -0.3 is 15.0 Å². The Morgan fingerprint density at radius 1 is 1.43 bits per heavy atom. The van der Waals surface area contributed by atoms with E-state index in [1.54, 1.807) is 36.6 Å². The quantitative estimate of drug-likeness (QED) is 0.919. The molecule has 0 aliphatic carbocycles. The number of piperidine rings is 1. The zero-order valence-electron chi connectivity index (χ0n) is 12.8. The van der Waals surface area contributed by atoms with E-state index in [0.717, 1.165) is 31.1 Å². The van der Waals surface area contributed by atoms with Crippen molar-refractivity contribution in [3.8, 4) is 5.75 Å². The fraction of sp³-hybridized carbons (Fsp3) is 0.375. The summed E-state index contributed by atoms with van der Waals surface area (Å²) in [5.74, 6) is 0.393. The van der Waals surface area contributed by atoms with Gasteiger partial charge in [-0.2, -0.15) is 0 Å². The van der Waals surface area contributed by atoms with E-state index in [-0.39, 0.29) is 11.9 Å². The van der Waals surface area contributed by atoms with Crippen molar-refractivity contribution >= 4 is 34.0 Å².